The van der Waals surface area contributed by atoms with Crippen LogP contribution >= 0.6 is 11.8 Å². The van der Waals surface area contributed by atoms with E-state index < -0.39 is 0 Å². The first-order valence-corrected chi connectivity index (χ1v) is 10.4. The van der Waals surface area contributed by atoms with Gasteiger partial charge in [0.15, 0.2) is 16.6 Å². The quantitative estimate of drug-likeness (QED) is 0.202. The molecule has 0 saturated heterocycles. The Morgan fingerprint density at radius 1 is 1.33 bits per heavy atom. The largest absolute Gasteiger partial charge is 0.469 e. The van der Waals surface area contributed by atoms with Gasteiger partial charge in [-0.25, -0.2) is 24.3 Å². The average Bonchev–Trinajstić information content (AvgIpc) is 3.21. The Kier molecular flexibility index (Phi) is 5.17. The van der Waals surface area contributed by atoms with Crippen molar-refractivity contribution < 1.29 is 9.53 Å². The number of carbonyl (C=O) groups is 1. The van der Waals surface area contributed by atoms with E-state index in [0.717, 1.165) is 11.1 Å². The van der Waals surface area contributed by atoms with Gasteiger partial charge in [0.2, 0.25) is 0 Å². The van der Waals surface area contributed by atoms with Crippen molar-refractivity contribution >= 4 is 39.8 Å². The van der Waals surface area contributed by atoms with Gasteiger partial charge in [-0.15, -0.1) is 6.58 Å². The predicted octanol–water partition coefficient (Wildman–Crippen LogP) is 2.09. The summed E-state index contributed by atoms with van der Waals surface area (Å²) in [5.74, 6) is 0.168. The average molecular weight is 424 g/mol. The lowest BCUT2D eigenvalue weighted by Crippen LogP contribution is -2.22. The van der Waals surface area contributed by atoms with E-state index in [1.165, 1.54) is 29.8 Å². The van der Waals surface area contributed by atoms with Crippen molar-refractivity contribution in [1.82, 2.24) is 28.9 Å². The first kappa shape index (κ1) is 19.9. The molecule has 0 saturated carbocycles. The molecule has 0 N–H and O–H groups in total. The molecule has 9 nitrogen and oxygen atoms in total. The molecule has 0 atom stereocenters. The van der Waals surface area contributed by atoms with E-state index in [9.17, 15) is 9.59 Å². The van der Waals surface area contributed by atoms with Crippen molar-refractivity contribution in [1.29, 1.82) is 0 Å². The molecule has 10 heteroatoms. The van der Waals surface area contributed by atoms with Gasteiger partial charge < -0.3 is 9.30 Å². The van der Waals surface area contributed by atoms with E-state index in [1.54, 1.807) is 10.8 Å². The Hall–Kier alpha value is -3.40. The zero-order chi connectivity index (χ0) is 21.4. The molecule has 0 spiro atoms. The van der Waals surface area contributed by atoms with Crippen LogP contribution in [0.2, 0.25) is 0 Å². The summed E-state index contributed by atoms with van der Waals surface area (Å²) in [6, 6.07) is 3.73. The Labute approximate surface area is 176 Å². The van der Waals surface area contributed by atoms with Crippen LogP contribution in [0.5, 0.6) is 0 Å². The molecule has 0 aromatic carbocycles. The van der Waals surface area contributed by atoms with Crippen LogP contribution in [-0.2, 0) is 29.5 Å². The molecule has 4 aromatic heterocycles. The third-order valence-electron chi connectivity index (χ3n) is 4.81. The summed E-state index contributed by atoms with van der Waals surface area (Å²) in [5.41, 5.74) is 2.53. The van der Waals surface area contributed by atoms with Crippen LogP contribution < -0.4 is 5.56 Å². The first-order valence-electron chi connectivity index (χ1n) is 9.14. The van der Waals surface area contributed by atoms with Crippen LogP contribution in [0.3, 0.4) is 0 Å². The second-order valence-electron chi connectivity index (χ2n) is 6.64. The summed E-state index contributed by atoms with van der Waals surface area (Å²) >= 11 is 1.39. The van der Waals surface area contributed by atoms with Gasteiger partial charge in [-0.3, -0.25) is 9.59 Å². The maximum Gasteiger partial charge on any atom is 0.310 e. The lowest BCUT2D eigenvalue weighted by Gasteiger charge is -2.10. The molecule has 0 aliphatic heterocycles. The number of carbonyl (C=O) groups excluding carboxylic acids is 1. The minimum atomic E-state index is -0.345. The summed E-state index contributed by atoms with van der Waals surface area (Å²) in [4.78, 5) is 38.3. The van der Waals surface area contributed by atoms with E-state index >= 15 is 0 Å². The summed E-state index contributed by atoms with van der Waals surface area (Å²) < 4.78 is 9.91. The van der Waals surface area contributed by atoms with Crippen molar-refractivity contribution in [3.63, 3.8) is 0 Å². The number of hydrogen-bond donors (Lipinski definition) is 0. The van der Waals surface area contributed by atoms with Crippen LogP contribution in [0, 0.1) is 0 Å². The molecule has 0 fully saturated rings. The highest BCUT2D eigenvalue weighted by Crippen LogP contribution is 2.23. The zero-order valence-corrected chi connectivity index (χ0v) is 17.6. The fraction of sp³-hybridized carbons (Fsp3) is 0.250. The highest BCUT2D eigenvalue weighted by atomic mass is 32.2. The van der Waals surface area contributed by atoms with Crippen molar-refractivity contribution in [2.24, 2.45) is 7.05 Å². The number of allylic oxidation sites excluding steroid dienone is 1. The van der Waals surface area contributed by atoms with Gasteiger partial charge in [-0.2, -0.15) is 0 Å². The van der Waals surface area contributed by atoms with Crippen molar-refractivity contribution in [3.8, 4) is 5.82 Å². The molecule has 30 heavy (non-hydrogen) atoms. The molecule has 0 amide bonds. The van der Waals surface area contributed by atoms with Crippen molar-refractivity contribution in [2.75, 3.05) is 13.4 Å². The lowest BCUT2D eigenvalue weighted by atomic mass is 10.2. The molecule has 0 bridgehead atoms. The SMILES string of the molecule is C=CCn1c(=O)c2cnc(SC)nc2n1-c1ccc2c(n1)c(CC(=O)OC)cn2C. The van der Waals surface area contributed by atoms with E-state index in [1.807, 2.05) is 36.2 Å². The van der Waals surface area contributed by atoms with E-state index in [4.69, 9.17) is 9.72 Å². The van der Waals surface area contributed by atoms with Crippen molar-refractivity contribution in [2.45, 2.75) is 18.1 Å². The van der Waals surface area contributed by atoms with Gasteiger partial charge in [0.05, 0.1) is 31.1 Å². The van der Waals surface area contributed by atoms with E-state index in [-0.39, 0.29) is 24.5 Å². The Morgan fingerprint density at radius 2 is 2.13 bits per heavy atom. The van der Waals surface area contributed by atoms with Crippen LogP contribution in [-0.4, -0.2) is 48.2 Å². The lowest BCUT2D eigenvalue weighted by molar-refractivity contribution is -0.139. The number of methoxy groups -OCH3 is 1. The fourth-order valence-electron chi connectivity index (χ4n) is 3.43. The van der Waals surface area contributed by atoms with Crippen LogP contribution in [0.4, 0.5) is 0 Å². The molecule has 4 rings (SSSR count). The zero-order valence-electron chi connectivity index (χ0n) is 16.8. The highest BCUT2D eigenvalue weighted by Gasteiger charge is 2.19. The minimum Gasteiger partial charge on any atom is -0.469 e. The number of pyridine rings is 1. The molecule has 4 heterocycles. The van der Waals surface area contributed by atoms with Gasteiger partial charge in [-0.1, -0.05) is 17.8 Å². The molecular weight excluding hydrogens is 404 g/mol. The monoisotopic (exact) mass is 424 g/mol. The van der Waals surface area contributed by atoms with E-state index in [0.29, 0.717) is 27.5 Å². The summed E-state index contributed by atoms with van der Waals surface area (Å²) in [7, 11) is 3.25. The minimum absolute atomic E-state index is 0.106. The molecule has 154 valence electrons. The third kappa shape index (κ3) is 3.18. The number of esters is 1. The Morgan fingerprint density at radius 3 is 2.83 bits per heavy atom. The number of ether oxygens (including phenoxy) is 1. The predicted molar refractivity (Wildman–Crippen MR) is 115 cm³/mol. The van der Waals surface area contributed by atoms with Gasteiger partial charge in [0.25, 0.3) is 5.56 Å². The highest BCUT2D eigenvalue weighted by molar-refractivity contribution is 7.98. The third-order valence-corrected chi connectivity index (χ3v) is 5.37. The smallest absolute Gasteiger partial charge is 0.310 e. The number of aryl methyl sites for hydroxylation is 1. The number of nitrogens with zero attached hydrogens (tertiary/aromatic N) is 6. The fourth-order valence-corrected chi connectivity index (χ4v) is 3.77. The molecule has 0 unspecified atom stereocenters. The van der Waals surface area contributed by atoms with Crippen LogP contribution in [0.1, 0.15) is 5.56 Å². The normalized spacial score (nSPS) is 11.3. The summed E-state index contributed by atoms with van der Waals surface area (Å²) in [6.07, 6.45) is 7.02. The number of aromatic nitrogens is 6. The number of hydrogen-bond acceptors (Lipinski definition) is 7. The second kappa shape index (κ2) is 7.79. The maximum atomic E-state index is 12.9. The number of thioether (sulfide) groups is 1. The first-order chi connectivity index (χ1) is 14.5. The van der Waals surface area contributed by atoms with Gasteiger partial charge in [-0.05, 0) is 18.4 Å². The molecule has 0 aliphatic carbocycles. The second-order valence-corrected chi connectivity index (χ2v) is 7.41. The molecule has 4 aromatic rings. The van der Waals surface area contributed by atoms with Gasteiger partial charge >= 0.3 is 5.97 Å². The van der Waals surface area contributed by atoms with Gasteiger partial charge in [0, 0.05) is 25.0 Å². The van der Waals surface area contributed by atoms with E-state index in [2.05, 4.69) is 16.5 Å². The Bertz CT molecular complexity index is 1350. The Balaban J connectivity index is 2.00. The topological polar surface area (TPSA) is 96.8 Å². The summed E-state index contributed by atoms with van der Waals surface area (Å²) in [5, 5.41) is 0.957. The van der Waals surface area contributed by atoms with Gasteiger partial charge in [0.1, 0.15) is 5.39 Å². The van der Waals surface area contributed by atoms with Crippen molar-refractivity contribution in [3.05, 3.63) is 53.1 Å². The van der Waals surface area contributed by atoms with Crippen LogP contribution in [0.15, 0.2) is 47.1 Å². The summed E-state index contributed by atoms with van der Waals surface area (Å²) in [6.45, 7) is 4.04. The number of rotatable bonds is 6. The molecular formula is C20H20N6O3S. The molecule has 0 aliphatic rings. The molecule has 0 radical (unpaired) electrons. The van der Waals surface area contributed by atoms with Crippen LogP contribution in [0.25, 0.3) is 27.9 Å². The standard InChI is InChI=1S/C20H20N6O3S/c1-5-8-25-19(28)13-10-21-20(30-4)23-18(13)26(25)15-7-6-14-17(22-15)12(11-24(14)2)9-16(27)29-3/h5-7,10-11H,1,8-9H2,2-4H3. The maximum absolute atomic E-state index is 12.9. The number of fused-ring (bicyclic) bond motifs is 2.